The van der Waals surface area contributed by atoms with E-state index in [0.717, 1.165) is 16.8 Å². The van der Waals surface area contributed by atoms with Gasteiger partial charge in [-0.25, -0.2) is 9.59 Å². The zero-order valence-electron chi connectivity index (χ0n) is 12.7. The molecule has 0 aliphatic heterocycles. The van der Waals surface area contributed by atoms with Crippen LogP contribution in [0.25, 0.3) is 0 Å². The third kappa shape index (κ3) is 5.10. The lowest BCUT2D eigenvalue weighted by Crippen LogP contribution is -2.42. The fourth-order valence-corrected chi connectivity index (χ4v) is 2.06. The fourth-order valence-electron chi connectivity index (χ4n) is 2.06. The van der Waals surface area contributed by atoms with Crippen LogP contribution in [0.3, 0.4) is 0 Å². The highest BCUT2D eigenvalue weighted by molar-refractivity contribution is 5.80. The van der Waals surface area contributed by atoms with Crippen molar-refractivity contribution in [2.45, 2.75) is 26.0 Å². The molecule has 6 nitrogen and oxygen atoms in total. The first kappa shape index (κ1) is 16.5. The Labute approximate surface area is 134 Å². The Bertz CT molecular complexity index is 673. The van der Waals surface area contributed by atoms with Crippen LogP contribution in [0.5, 0.6) is 0 Å². The molecule has 1 aromatic heterocycles. The second kappa shape index (κ2) is 7.93. The first-order valence-electron chi connectivity index (χ1n) is 7.17. The maximum Gasteiger partial charge on any atom is 0.408 e. The van der Waals surface area contributed by atoms with Gasteiger partial charge < -0.3 is 15.2 Å². The average Bonchev–Trinajstić information content (AvgIpc) is 2.55. The minimum Gasteiger partial charge on any atom is -0.480 e. The number of carbonyl (C=O) groups is 2. The zero-order chi connectivity index (χ0) is 16.7. The molecule has 1 heterocycles. The number of carboxylic acids is 1. The molecule has 1 aromatic carbocycles. The van der Waals surface area contributed by atoms with Crippen LogP contribution in [-0.2, 0) is 22.6 Å². The summed E-state index contributed by atoms with van der Waals surface area (Å²) in [5, 5.41) is 11.6. The van der Waals surface area contributed by atoms with Gasteiger partial charge in [0.2, 0.25) is 0 Å². The number of aromatic nitrogens is 1. The Kier molecular flexibility index (Phi) is 5.68. The van der Waals surface area contributed by atoms with Crippen molar-refractivity contribution in [1.82, 2.24) is 10.3 Å². The van der Waals surface area contributed by atoms with E-state index in [1.165, 1.54) is 0 Å². The number of nitrogens with zero attached hydrogens (tertiary/aromatic N) is 1. The van der Waals surface area contributed by atoms with Gasteiger partial charge >= 0.3 is 12.1 Å². The molecule has 0 saturated heterocycles. The second-order valence-electron chi connectivity index (χ2n) is 5.05. The number of nitrogens with one attached hydrogen (secondary N) is 1. The van der Waals surface area contributed by atoms with Gasteiger partial charge in [0.1, 0.15) is 12.6 Å². The fraction of sp³-hybridized carbons (Fsp3) is 0.235. The van der Waals surface area contributed by atoms with E-state index in [2.05, 4.69) is 10.3 Å². The smallest absolute Gasteiger partial charge is 0.408 e. The maximum atomic E-state index is 11.8. The molecule has 0 aliphatic rings. The Hall–Kier alpha value is -2.89. The van der Waals surface area contributed by atoms with E-state index in [0.29, 0.717) is 0 Å². The van der Waals surface area contributed by atoms with E-state index in [1.807, 2.05) is 30.3 Å². The van der Waals surface area contributed by atoms with Gasteiger partial charge in [0, 0.05) is 18.3 Å². The van der Waals surface area contributed by atoms with Crippen LogP contribution in [0.2, 0.25) is 0 Å². The molecule has 120 valence electrons. The van der Waals surface area contributed by atoms with Gasteiger partial charge in [0.15, 0.2) is 0 Å². The summed E-state index contributed by atoms with van der Waals surface area (Å²) in [7, 11) is 0. The number of aliphatic carboxylic acids is 1. The lowest BCUT2D eigenvalue weighted by molar-refractivity contribution is -0.139. The summed E-state index contributed by atoms with van der Waals surface area (Å²) < 4.78 is 5.05. The number of aryl methyl sites for hydroxylation is 1. The van der Waals surface area contributed by atoms with Crippen molar-refractivity contribution in [3.05, 3.63) is 65.5 Å². The molecule has 2 aromatic rings. The van der Waals surface area contributed by atoms with Gasteiger partial charge in [0.05, 0.1) is 0 Å². The molecule has 1 unspecified atom stereocenters. The molecule has 0 aliphatic carbocycles. The van der Waals surface area contributed by atoms with E-state index in [-0.39, 0.29) is 13.0 Å². The monoisotopic (exact) mass is 314 g/mol. The first-order chi connectivity index (χ1) is 11.1. The largest absolute Gasteiger partial charge is 0.480 e. The molecular formula is C17H18N2O4. The summed E-state index contributed by atoms with van der Waals surface area (Å²) in [6.07, 6.45) is 1.02. The number of rotatable bonds is 6. The van der Waals surface area contributed by atoms with Crippen molar-refractivity contribution in [2.24, 2.45) is 0 Å². The number of hydrogen-bond acceptors (Lipinski definition) is 4. The molecule has 0 bridgehead atoms. The van der Waals surface area contributed by atoms with E-state index in [9.17, 15) is 14.7 Å². The predicted octanol–water partition coefficient (Wildman–Crippen LogP) is 2.31. The number of carboxylic acid groups (broad SMARTS) is 1. The van der Waals surface area contributed by atoms with Crippen molar-refractivity contribution in [2.75, 3.05) is 0 Å². The summed E-state index contributed by atoms with van der Waals surface area (Å²) in [4.78, 5) is 27.2. The first-order valence-corrected chi connectivity index (χ1v) is 7.17. The minimum absolute atomic E-state index is 0.0882. The van der Waals surface area contributed by atoms with Crippen LogP contribution < -0.4 is 5.32 Å². The topological polar surface area (TPSA) is 88.5 Å². The van der Waals surface area contributed by atoms with Crippen molar-refractivity contribution < 1.29 is 19.4 Å². The van der Waals surface area contributed by atoms with Crippen molar-refractivity contribution >= 4 is 12.1 Å². The van der Waals surface area contributed by atoms with Gasteiger partial charge in [-0.2, -0.15) is 0 Å². The molecule has 1 atom stereocenters. The zero-order valence-corrected chi connectivity index (χ0v) is 12.7. The van der Waals surface area contributed by atoms with Crippen LogP contribution in [0.15, 0.2) is 48.7 Å². The highest BCUT2D eigenvalue weighted by Crippen LogP contribution is 2.08. The molecule has 2 N–H and O–H groups in total. The summed E-state index contributed by atoms with van der Waals surface area (Å²) in [6, 6.07) is 11.6. The number of pyridine rings is 1. The third-order valence-corrected chi connectivity index (χ3v) is 3.34. The number of amides is 1. The van der Waals surface area contributed by atoms with Crippen molar-refractivity contribution in [3.8, 4) is 0 Å². The minimum atomic E-state index is -1.12. The van der Waals surface area contributed by atoms with E-state index >= 15 is 0 Å². The lowest BCUT2D eigenvalue weighted by atomic mass is 10.1. The molecule has 6 heteroatoms. The normalized spacial score (nSPS) is 11.5. The summed E-state index contributed by atoms with van der Waals surface area (Å²) in [5.41, 5.74) is 2.33. The van der Waals surface area contributed by atoms with Crippen molar-refractivity contribution in [3.63, 3.8) is 0 Å². The number of alkyl carbamates (subject to hydrolysis) is 1. The average molecular weight is 314 g/mol. The number of benzene rings is 1. The van der Waals surface area contributed by atoms with Crippen LogP contribution in [0, 0.1) is 6.92 Å². The standard InChI is InChI=1S/C17H18N2O4/c1-12-14(8-5-9-18-12)10-15(16(20)21)19-17(22)23-11-13-6-3-2-4-7-13/h2-9,15H,10-11H2,1H3,(H,19,22)(H,20,21). The predicted molar refractivity (Wildman–Crippen MR) is 83.9 cm³/mol. The molecule has 0 saturated carbocycles. The van der Waals surface area contributed by atoms with Gasteiger partial charge in [-0.05, 0) is 24.1 Å². The Morgan fingerprint density at radius 1 is 1.22 bits per heavy atom. The third-order valence-electron chi connectivity index (χ3n) is 3.34. The summed E-state index contributed by atoms with van der Waals surface area (Å²) in [6.45, 7) is 1.88. The van der Waals surface area contributed by atoms with Gasteiger partial charge in [-0.3, -0.25) is 4.98 Å². The quantitative estimate of drug-likeness (QED) is 0.854. The van der Waals surface area contributed by atoms with Crippen LogP contribution in [-0.4, -0.2) is 28.2 Å². The van der Waals surface area contributed by atoms with E-state index < -0.39 is 18.1 Å². The number of carbonyl (C=O) groups excluding carboxylic acids is 1. The van der Waals surface area contributed by atoms with Crippen LogP contribution in [0.4, 0.5) is 4.79 Å². The Morgan fingerprint density at radius 2 is 1.96 bits per heavy atom. The lowest BCUT2D eigenvalue weighted by Gasteiger charge is -2.15. The molecule has 0 spiro atoms. The summed E-state index contributed by atoms with van der Waals surface area (Å²) >= 11 is 0. The Morgan fingerprint density at radius 3 is 2.61 bits per heavy atom. The molecular weight excluding hydrogens is 296 g/mol. The second-order valence-corrected chi connectivity index (χ2v) is 5.05. The van der Waals surface area contributed by atoms with Crippen LogP contribution >= 0.6 is 0 Å². The van der Waals surface area contributed by atoms with E-state index in [1.54, 1.807) is 25.3 Å². The van der Waals surface area contributed by atoms with Gasteiger partial charge in [0.25, 0.3) is 0 Å². The number of hydrogen-bond donors (Lipinski definition) is 2. The maximum absolute atomic E-state index is 11.8. The molecule has 0 fully saturated rings. The number of ether oxygens (including phenoxy) is 1. The van der Waals surface area contributed by atoms with Gasteiger partial charge in [-0.1, -0.05) is 36.4 Å². The van der Waals surface area contributed by atoms with Crippen LogP contribution in [0.1, 0.15) is 16.8 Å². The molecule has 0 radical (unpaired) electrons. The molecule has 23 heavy (non-hydrogen) atoms. The van der Waals surface area contributed by atoms with Gasteiger partial charge in [-0.15, -0.1) is 0 Å². The van der Waals surface area contributed by atoms with Crippen molar-refractivity contribution in [1.29, 1.82) is 0 Å². The molecule has 1 amide bonds. The SMILES string of the molecule is Cc1ncccc1CC(NC(=O)OCc1ccccc1)C(=O)O. The highest BCUT2D eigenvalue weighted by atomic mass is 16.5. The highest BCUT2D eigenvalue weighted by Gasteiger charge is 2.22. The Balaban J connectivity index is 1.92. The van der Waals surface area contributed by atoms with E-state index in [4.69, 9.17) is 4.74 Å². The molecule has 2 rings (SSSR count). The summed E-state index contributed by atoms with van der Waals surface area (Å²) in [5.74, 6) is -1.12.